The molecule has 8 heteroatoms. The lowest BCUT2D eigenvalue weighted by molar-refractivity contribution is -0.384. The molecule has 1 amide bonds. The number of carbonyl (C=O) groups is 1. The third kappa shape index (κ3) is 5.22. The van der Waals surface area contributed by atoms with Gasteiger partial charge >= 0.3 is 0 Å². The van der Waals surface area contributed by atoms with Gasteiger partial charge in [0.25, 0.3) is 11.6 Å². The van der Waals surface area contributed by atoms with Crippen molar-refractivity contribution in [3.63, 3.8) is 0 Å². The van der Waals surface area contributed by atoms with Crippen molar-refractivity contribution in [1.82, 2.24) is 4.90 Å². The highest BCUT2D eigenvalue weighted by Gasteiger charge is 2.39. The molecule has 35 heavy (non-hydrogen) atoms. The van der Waals surface area contributed by atoms with Crippen LogP contribution in [0.25, 0.3) is 17.4 Å². The Hall–Kier alpha value is -2.87. The number of amidine groups is 1. The molecule has 0 unspecified atom stereocenters. The number of furan rings is 1. The van der Waals surface area contributed by atoms with E-state index in [1.807, 2.05) is 30.0 Å². The summed E-state index contributed by atoms with van der Waals surface area (Å²) < 4.78 is 6.06. The summed E-state index contributed by atoms with van der Waals surface area (Å²) in [5.74, 6) is 1.25. The number of aliphatic imine (C=N–C) groups is 1. The van der Waals surface area contributed by atoms with Crippen LogP contribution < -0.4 is 0 Å². The molecule has 0 bridgehead atoms. The van der Waals surface area contributed by atoms with Gasteiger partial charge in [0.2, 0.25) is 0 Å². The number of benzene rings is 1. The Morgan fingerprint density at radius 2 is 1.77 bits per heavy atom. The molecule has 3 aliphatic rings. The predicted molar refractivity (Wildman–Crippen MR) is 139 cm³/mol. The molecule has 0 N–H and O–H groups in total. The molecule has 1 aromatic heterocycles. The number of carbonyl (C=O) groups excluding carboxylic acids is 1. The van der Waals surface area contributed by atoms with Crippen LogP contribution in [0.2, 0.25) is 0 Å². The second-order valence-corrected chi connectivity index (χ2v) is 10.7. The van der Waals surface area contributed by atoms with Crippen molar-refractivity contribution in [2.45, 2.75) is 83.2 Å². The van der Waals surface area contributed by atoms with Crippen molar-refractivity contribution in [3.8, 4) is 11.3 Å². The first kappa shape index (κ1) is 23.9. The molecule has 2 aliphatic carbocycles. The highest BCUT2D eigenvalue weighted by molar-refractivity contribution is 8.18. The van der Waals surface area contributed by atoms with E-state index in [0.29, 0.717) is 22.5 Å². The Labute approximate surface area is 209 Å². The minimum absolute atomic E-state index is 0.0286. The SMILES string of the molecule is Cc1cc([N+](=O)[O-])ccc1-c1ccc(C=C2SC(=NC3CCCCC3)N(C3CCCCC3)C2=O)o1. The van der Waals surface area contributed by atoms with E-state index in [1.54, 1.807) is 12.1 Å². The Kier molecular flexibility index (Phi) is 7.09. The molecule has 1 aromatic carbocycles. The summed E-state index contributed by atoms with van der Waals surface area (Å²) in [6.07, 6.45) is 13.3. The summed E-state index contributed by atoms with van der Waals surface area (Å²) in [6, 6.07) is 8.96. The highest BCUT2D eigenvalue weighted by atomic mass is 32.2. The number of hydrogen-bond acceptors (Lipinski definition) is 6. The number of nitro groups is 1. The molecule has 1 saturated heterocycles. The molecule has 184 valence electrons. The molecular formula is C27H31N3O4S. The zero-order valence-corrected chi connectivity index (χ0v) is 20.9. The number of aryl methyl sites for hydroxylation is 1. The van der Waals surface area contributed by atoms with Gasteiger partial charge in [0.1, 0.15) is 11.5 Å². The lowest BCUT2D eigenvalue weighted by atomic mass is 9.94. The Bertz CT molecular complexity index is 1170. The van der Waals surface area contributed by atoms with Gasteiger partial charge < -0.3 is 4.42 Å². The maximum absolute atomic E-state index is 13.5. The maximum Gasteiger partial charge on any atom is 0.269 e. The van der Waals surface area contributed by atoms with Crippen LogP contribution in [0.15, 0.2) is 44.6 Å². The van der Waals surface area contributed by atoms with Gasteiger partial charge in [-0.2, -0.15) is 0 Å². The van der Waals surface area contributed by atoms with Gasteiger partial charge in [-0.1, -0.05) is 38.5 Å². The highest BCUT2D eigenvalue weighted by Crippen LogP contribution is 2.39. The first-order valence-corrected chi connectivity index (χ1v) is 13.5. The van der Waals surface area contributed by atoms with Crippen LogP contribution in [0.1, 0.15) is 75.5 Å². The van der Waals surface area contributed by atoms with Gasteiger partial charge in [0.05, 0.1) is 15.9 Å². The monoisotopic (exact) mass is 493 g/mol. The molecule has 3 fully saturated rings. The molecular weight excluding hydrogens is 462 g/mol. The van der Waals surface area contributed by atoms with E-state index in [9.17, 15) is 14.9 Å². The van der Waals surface area contributed by atoms with Gasteiger partial charge in [-0.25, -0.2) is 0 Å². The summed E-state index contributed by atoms with van der Waals surface area (Å²) in [7, 11) is 0. The van der Waals surface area contributed by atoms with E-state index >= 15 is 0 Å². The van der Waals surface area contributed by atoms with Crippen LogP contribution in [0.5, 0.6) is 0 Å². The van der Waals surface area contributed by atoms with Gasteiger partial charge in [0.15, 0.2) is 5.17 Å². The number of hydrogen-bond donors (Lipinski definition) is 0. The molecule has 1 aliphatic heterocycles. The van der Waals surface area contributed by atoms with Crippen LogP contribution in [-0.2, 0) is 4.79 Å². The lowest BCUT2D eigenvalue weighted by Gasteiger charge is -2.31. The first-order valence-electron chi connectivity index (χ1n) is 12.7. The maximum atomic E-state index is 13.5. The van der Waals surface area contributed by atoms with E-state index in [0.717, 1.165) is 54.8 Å². The minimum atomic E-state index is -0.401. The van der Waals surface area contributed by atoms with Crippen molar-refractivity contribution in [1.29, 1.82) is 0 Å². The largest absolute Gasteiger partial charge is 0.457 e. The van der Waals surface area contributed by atoms with E-state index in [-0.39, 0.29) is 17.6 Å². The quantitative estimate of drug-likeness (QED) is 0.252. The molecule has 0 spiro atoms. The molecule has 5 rings (SSSR count). The topological polar surface area (TPSA) is 89.0 Å². The summed E-state index contributed by atoms with van der Waals surface area (Å²) in [4.78, 5) is 31.9. The van der Waals surface area contributed by atoms with E-state index < -0.39 is 4.92 Å². The number of nitrogens with zero attached hydrogens (tertiary/aromatic N) is 3. The molecule has 0 atom stereocenters. The van der Waals surface area contributed by atoms with Gasteiger partial charge in [-0.15, -0.1) is 0 Å². The van der Waals surface area contributed by atoms with Crippen LogP contribution in [0.4, 0.5) is 5.69 Å². The number of thioether (sulfide) groups is 1. The predicted octanol–water partition coefficient (Wildman–Crippen LogP) is 7.10. The standard InChI is InChI=1S/C27H31N3O4S/c1-18-16-21(30(32)33)12-14-23(18)24-15-13-22(34-24)17-25-26(31)29(20-10-6-3-7-11-20)27(35-25)28-19-8-4-2-5-9-19/h12-17,19-20H,2-11H2,1H3. The Morgan fingerprint density at radius 1 is 1.06 bits per heavy atom. The van der Waals surface area contributed by atoms with Gasteiger partial charge in [0, 0.05) is 29.8 Å². The van der Waals surface area contributed by atoms with Crippen LogP contribution in [-0.4, -0.2) is 33.0 Å². The van der Waals surface area contributed by atoms with E-state index in [4.69, 9.17) is 9.41 Å². The number of nitro benzene ring substituents is 1. The summed E-state index contributed by atoms with van der Waals surface area (Å²) in [5.41, 5.74) is 1.62. The second kappa shape index (κ2) is 10.4. The summed E-state index contributed by atoms with van der Waals surface area (Å²) in [6.45, 7) is 1.83. The lowest BCUT2D eigenvalue weighted by Crippen LogP contribution is -2.41. The zero-order valence-electron chi connectivity index (χ0n) is 20.1. The average Bonchev–Trinajstić information content (AvgIpc) is 3.44. The molecule has 2 saturated carbocycles. The van der Waals surface area contributed by atoms with Crippen LogP contribution in [0, 0.1) is 17.0 Å². The number of amides is 1. The first-order chi connectivity index (χ1) is 17.0. The molecule has 7 nitrogen and oxygen atoms in total. The average molecular weight is 494 g/mol. The minimum Gasteiger partial charge on any atom is -0.457 e. The normalized spacial score (nSPS) is 22.4. The molecule has 2 heterocycles. The smallest absolute Gasteiger partial charge is 0.269 e. The Balaban J connectivity index is 1.41. The zero-order chi connectivity index (χ0) is 24.4. The molecule has 0 radical (unpaired) electrons. The van der Waals surface area contributed by atoms with Crippen LogP contribution in [0.3, 0.4) is 0 Å². The van der Waals surface area contributed by atoms with Crippen molar-refractivity contribution >= 4 is 34.6 Å². The van der Waals surface area contributed by atoms with Crippen LogP contribution >= 0.6 is 11.8 Å². The van der Waals surface area contributed by atoms with E-state index in [2.05, 4.69) is 0 Å². The fourth-order valence-corrected chi connectivity index (χ4v) is 6.44. The fourth-order valence-electron chi connectivity index (χ4n) is 5.35. The van der Waals surface area contributed by atoms with Crippen molar-refractivity contribution in [2.24, 2.45) is 4.99 Å². The van der Waals surface area contributed by atoms with Gasteiger partial charge in [-0.3, -0.25) is 24.8 Å². The second-order valence-electron chi connectivity index (χ2n) is 9.74. The van der Waals surface area contributed by atoms with Crippen molar-refractivity contribution < 1.29 is 14.1 Å². The van der Waals surface area contributed by atoms with Gasteiger partial charge in [-0.05, 0) is 68.1 Å². The summed E-state index contributed by atoms with van der Waals surface area (Å²) in [5, 5.41) is 11.9. The summed E-state index contributed by atoms with van der Waals surface area (Å²) >= 11 is 1.47. The third-order valence-corrected chi connectivity index (χ3v) is 8.23. The Morgan fingerprint density at radius 3 is 2.46 bits per heavy atom. The third-order valence-electron chi connectivity index (χ3n) is 7.23. The molecule has 2 aromatic rings. The van der Waals surface area contributed by atoms with E-state index in [1.165, 1.54) is 43.5 Å². The van der Waals surface area contributed by atoms with Crippen molar-refractivity contribution in [2.75, 3.05) is 0 Å². The fraction of sp³-hybridized carbons (Fsp3) is 0.481. The number of rotatable bonds is 5. The van der Waals surface area contributed by atoms with Crippen molar-refractivity contribution in [3.05, 3.63) is 56.7 Å². The number of non-ortho nitro benzene ring substituents is 1.